The van der Waals surface area contributed by atoms with Crippen LogP contribution in [0.3, 0.4) is 0 Å². The summed E-state index contributed by atoms with van der Waals surface area (Å²) >= 11 is 0. The van der Waals surface area contributed by atoms with Gasteiger partial charge in [-0.3, -0.25) is 10.2 Å². The van der Waals surface area contributed by atoms with Crippen LogP contribution in [0.25, 0.3) is 0 Å². The van der Waals surface area contributed by atoms with Crippen molar-refractivity contribution in [2.45, 2.75) is 26.4 Å². The molecular weight excluding hydrogens is 192 g/mol. The van der Waals surface area contributed by atoms with Crippen LogP contribution in [0.5, 0.6) is 5.75 Å². The van der Waals surface area contributed by atoms with Crippen LogP contribution in [-0.2, 0) is 11.2 Å². The van der Waals surface area contributed by atoms with Crippen molar-refractivity contribution >= 4 is 5.91 Å². The molecule has 0 aliphatic carbocycles. The maximum Gasteiger partial charge on any atom is 0.274 e. The average molecular weight is 208 g/mol. The molecule has 0 bridgehead atoms. The molecule has 4 heteroatoms. The second kappa shape index (κ2) is 5.36. The van der Waals surface area contributed by atoms with Crippen molar-refractivity contribution in [2.24, 2.45) is 5.84 Å². The van der Waals surface area contributed by atoms with Crippen LogP contribution in [0.15, 0.2) is 24.3 Å². The van der Waals surface area contributed by atoms with Gasteiger partial charge >= 0.3 is 0 Å². The number of benzene rings is 1. The Kier molecular flexibility index (Phi) is 4.12. The summed E-state index contributed by atoms with van der Waals surface area (Å²) in [6.07, 6.45) is 0.358. The Balaban J connectivity index is 2.67. The number of aryl methyl sites for hydroxylation is 1. The van der Waals surface area contributed by atoms with Crippen LogP contribution in [0, 0.1) is 0 Å². The highest BCUT2D eigenvalue weighted by molar-refractivity contribution is 5.80. The molecule has 4 nitrogen and oxygen atoms in total. The Morgan fingerprint density at radius 3 is 2.93 bits per heavy atom. The number of ether oxygens (including phenoxy) is 1. The molecule has 0 unspecified atom stereocenters. The molecule has 3 N–H and O–H groups in total. The number of carbonyl (C=O) groups is 1. The van der Waals surface area contributed by atoms with Crippen molar-refractivity contribution < 1.29 is 9.53 Å². The maximum absolute atomic E-state index is 11.1. The van der Waals surface area contributed by atoms with Gasteiger partial charge in [0.05, 0.1) is 0 Å². The standard InChI is InChI=1S/C11H16N2O2/c1-3-9-5-4-6-10(7-9)15-8(2)11(14)13-12/h4-8H,3,12H2,1-2H3,(H,13,14)/t8-/m0/s1. The second-order valence-corrected chi connectivity index (χ2v) is 3.27. The molecule has 0 saturated heterocycles. The van der Waals surface area contributed by atoms with Gasteiger partial charge in [0.2, 0.25) is 0 Å². The fourth-order valence-corrected chi connectivity index (χ4v) is 1.21. The smallest absolute Gasteiger partial charge is 0.274 e. The Hall–Kier alpha value is -1.55. The van der Waals surface area contributed by atoms with E-state index in [0.29, 0.717) is 5.75 Å². The predicted molar refractivity (Wildman–Crippen MR) is 58.2 cm³/mol. The Bertz CT molecular complexity index is 339. The molecule has 0 aliphatic heterocycles. The topological polar surface area (TPSA) is 64.3 Å². The van der Waals surface area contributed by atoms with E-state index in [1.54, 1.807) is 6.92 Å². The number of nitrogens with two attached hydrogens (primary N) is 1. The van der Waals surface area contributed by atoms with Gasteiger partial charge in [-0.2, -0.15) is 0 Å². The third-order valence-electron chi connectivity index (χ3n) is 2.13. The zero-order valence-corrected chi connectivity index (χ0v) is 8.99. The Morgan fingerprint density at radius 2 is 2.33 bits per heavy atom. The summed E-state index contributed by atoms with van der Waals surface area (Å²) in [5, 5.41) is 0. The summed E-state index contributed by atoms with van der Waals surface area (Å²) in [6.45, 7) is 3.72. The van der Waals surface area contributed by atoms with E-state index in [-0.39, 0.29) is 5.91 Å². The van der Waals surface area contributed by atoms with E-state index in [4.69, 9.17) is 10.6 Å². The minimum Gasteiger partial charge on any atom is -0.481 e. The van der Waals surface area contributed by atoms with Crippen molar-refractivity contribution in [2.75, 3.05) is 0 Å². The molecule has 1 amide bonds. The van der Waals surface area contributed by atoms with E-state index in [0.717, 1.165) is 6.42 Å². The molecule has 1 aromatic rings. The van der Waals surface area contributed by atoms with Crippen molar-refractivity contribution in [1.29, 1.82) is 0 Å². The van der Waals surface area contributed by atoms with E-state index in [1.807, 2.05) is 29.7 Å². The van der Waals surface area contributed by atoms with Gasteiger partial charge in [0.1, 0.15) is 5.75 Å². The highest BCUT2D eigenvalue weighted by Gasteiger charge is 2.12. The highest BCUT2D eigenvalue weighted by Crippen LogP contribution is 2.15. The molecule has 0 aliphatic rings. The largest absolute Gasteiger partial charge is 0.481 e. The van der Waals surface area contributed by atoms with Crippen molar-refractivity contribution in [3.05, 3.63) is 29.8 Å². The van der Waals surface area contributed by atoms with Gasteiger partial charge in [-0.05, 0) is 31.0 Å². The van der Waals surface area contributed by atoms with Gasteiger partial charge in [-0.25, -0.2) is 5.84 Å². The fourth-order valence-electron chi connectivity index (χ4n) is 1.21. The normalized spacial score (nSPS) is 11.9. The van der Waals surface area contributed by atoms with Crippen LogP contribution in [0.2, 0.25) is 0 Å². The lowest BCUT2D eigenvalue weighted by Crippen LogP contribution is -2.40. The molecule has 0 aromatic heterocycles. The molecule has 0 saturated carbocycles. The number of nitrogens with one attached hydrogen (secondary N) is 1. The monoisotopic (exact) mass is 208 g/mol. The van der Waals surface area contributed by atoms with Crippen molar-refractivity contribution in [1.82, 2.24) is 5.43 Å². The Labute approximate surface area is 89.4 Å². The summed E-state index contributed by atoms with van der Waals surface area (Å²) in [4.78, 5) is 11.1. The van der Waals surface area contributed by atoms with E-state index in [1.165, 1.54) is 5.56 Å². The van der Waals surface area contributed by atoms with E-state index in [2.05, 4.69) is 6.92 Å². The van der Waals surface area contributed by atoms with Gasteiger partial charge < -0.3 is 4.74 Å². The number of hydrazine groups is 1. The molecule has 0 spiro atoms. The summed E-state index contributed by atoms with van der Waals surface area (Å²) in [7, 11) is 0. The van der Waals surface area contributed by atoms with Gasteiger partial charge in [0.25, 0.3) is 5.91 Å². The van der Waals surface area contributed by atoms with E-state index < -0.39 is 6.10 Å². The first-order valence-corrected chi connectivity index (χ1v) is 4.93. The zero-order chi connectivity index (χ0) is 11.3. The molecule has 1 atom stereocenters. The lowest BCUT2D eigenvalue weighted by atomic mass is 10.2. The van der Waals surface area contributed by atoms with Gasteiger partial charge in [0, 0.05) is 0 Å². The predicted octanol–water partition coefficient (Wildman–Crippen LogP) is 1.01. The van der Waals surface area contributed by atoms with Crippen molar-refractivity contribution in [3.8, 4) is 5.75 Å². The minimum atomic E-state index is -0.581. The van der Waals surface area contributed by atoms with Gasteiger partial charge in [0.15, 0.2) is 6.10 Å². The molecule has 15 heavy (non-hydrogen) atoms. The first kappa shape index (κ1) is 11.5. The van der Waals surface area contributed by atoms with E-state index >= 15 is 0 Å². The fraction of sp³-hybridized carbons (Fsp3) is 0.364. The first-order valence-electron chi connectivity index (χ1n) is 4.93. The summed E-state index contributed by atoms with van der Waals surface area (Å²) in [5.74, 6) is 5.35. The molecule has 0 heterocycles. The summed E-state index contributed by atoms with van der Waals surface area (Å²) in [5.41, 5.74) is 3.22. The Morgan fingerprint density at radius 1 is 1.60 bits per heavy atom. The molecule has 0 fully saturated rings. The molecule has 82 valence electrons. The zero-order valence-electron chi connectivity index (χ0n) is 8.99. The average Bonchev–Trinajstić information content (AvgIpc) is 2.28. The van der Waals surface area contributed by atoms with Crippen LogP contribution in [-0.4, -0.2) is 12.0 Å². The molecule has 1 rings (SSSR count). The summed E-state index contributed by atoms with van der Waals surface area (Å²) in [6, 6.07) is 7.65. The number of hydrogen-bond acceptors (Lipinski definition) is 3. The van der Waals surface area contributed by atoms with Crippen LogP contribution in [0.1, 0.15) is 19.4 Å². The number of amides is 1. The third-order valence-corrected chi connectivity index (χ3v) is 2.13. The first-order chi connectivity index (χ1) is 7.17. The lowest BCUT2D eigenvalue weighted by molar-refractivity contribution is -0.127. The molecule has 1 aromatic carbocycles. The highest BCUT2D eigenvalue weighted by atomic mass is 16.5. The van der Waals surface area contributed by atoms with Gasteiger partial charge in [-0.1, -0.05) is 19.1 Å². The SMILES string of the molecule is CCc1cccc(O[C@@H](C)C(=O)NN)c1. The number of hydrogen-bond donors (Lipinski definition) is 2. The van der Waals surface area contributed by atoms with Crippen LogP contribution >= 0.6 is 0 Å². The van der Waals surface area contributed by atoms with Crippen LogP contribution < -0.4 is 16.0 Å². The third kappa shape index (κ3) is 3.25. The minimum absolute atomic E-state index is 0.336. The number of rotatable bonds is 4. The van der Waals surface area contributed by atoms with Crippen molar-refractivity contribution in [3.63, 3.8) is 0 Å². The van der Waals surface area contributed by atoms with E-state index in [9.17, 15) is 4.79 Å². The molecular formula is C11H16N2O2. The van der Waals surface area contributed by atoms with Crippen LogP contribution in [0.4, 0.5) is 0 Å². The molecule has 0 radical (unpaired) electrons. The van der Waals surface area contributed by atoms with Gasteiger partial charge in [-0.15, -0.1) is 0 Å². The lowest BCUT2D eigenvalue weighted by Gasteiger charge is -2.13. The quantitative estimate of drug-likeness (QED) is 0.441. The number of carbonyl (C=O) groups excluding carboxylic acids is 1. The second-order valence-electron chi connectivity index (χ2n) is 3.27. The summed E-state index contributed by atoms with van der Waals surface area (Å²) < 4.78 is 5.42. The maximum atomic E-state index is 11.1.